The number of carbonyl (C=O) groups excluding carboxylic acids is 3. The molecule has 2 N–H and O–H groups in total. The van der Waals surface area contributed by atoms with Crippen molar-refractivity contribution in [3.8, 4) is 5.88 Å². The zero-order valence-corrected chi connectivity index (χ0v) is 21.2. The Bertz CT molecular complexity index is 1150. The molecule has 0 bridgehead atoms. The summed E-state index contributed by atoms with van der Waals surface area (Å²) >= 11 is 0. The first-order chi connectivity index (χ1) is 17.2. The molecule has 2 aliphatic heterocycles. The lowest BCUT2D eigenvalue weighted by Gasteiger charge is -2.39. The lowest BCUT2D eigenvalue weighted by atomic mass is 9.96. The van der Waals surface area contributed by atoms with Gasteiger partial charge in [-0.25, -0.2) is 0 Å². The standard InChI is InChI=1S/C25H33N5O6/c1-5-35-23-18(6-7-20(27-23)29-12-10-28(11-13-29)16(2)32)26-22(33)17-14-36-19-8-9-30(24(34)21(17)19)25(3,4)15-31/h6-7,14,31H,5,8-13,15H2,1-4H3,(H,26,33). The van der Waals surface area contributed by atoms with Gasteiger partial charge in [0.1, 0.15) is 23.5 Å². The van der Waals surface area contributed by atoms with Crippen LogP contribution in [0.25, 0.3) is 0 Å². The van der Waals surface area contributed by atoms with Crippen molar-refractivity contribution in [2.45, 2.75) is 39.7 Å². The minimum absolute atomic E-state index is 0.0543. The molecule has 4 rings (SSSR count). The number of aromatic nitrogens is 1. The second-order valence-corrected chi connectivity index (χ2v) is 9.53. The molecular formula is C25H33N5O6. The van der Waals surface area contributed by atoms with Crippen molar-refractivity contribution in [3.05, 3.63) is 35.3 Å². The quantitative estimate of drug-likeness (QED) is 0.590. The van der Waals surface area contributed by atoms with Crippen molar-refractivity contribution in [2.24, 2.45) is 0 Å². The summed E-state index contributed by atoms with van der Waals surface area (Å²) in [4.78, 5) is 48.1. The second-order valence-electron chi connectivity index (χ2n) is 9.53. The van der Waals surface area contributed by atoms with Crippen LogP contribution in [0.5, 0.6) is 5.88 Å². The monoisotopic (exact) mass is 499 g/mol. The summed E-state index contributed by atoms with van der Waals surface area (Å²) in [6.45, 7) is 10.0. The fourth-order valence-electron chi connectivity index (χ4n) is 4.49. The first-order valence-corrected chi connectivity index (χ1v) is 12.1. The topological polar surface area (TPSA) is 128 Å². The first kappa shape index (κ1) is 25.5. The number of aliphatic hydroxyl groups is 1. The normalized spacial score (nSPS) is 16.1. The minimum atomic E-state index is -0.766. The van der Waals surface area contributed by atoms with Gasteiger partial charge in [0.05, 0.1) is 29.9 Å². The zero-order chi connectivity index (χ0) is 26.0. The number of hydrogen-bond donors (Lipinski definition) is 2. The van der Waals surface area contributed by atoms with Crippen LogP contribution in [-0.4, -0.2) is 89.1 Å². The van der Waals surface area contributed by atoms with E-state index in [0.29, 0.717) is 63.0 Å². The summed E-state index contributed by atoms with van der Waals surface area (Å²) in [6, 6.07) is 3.52. The van der Waals surface area contributed by atoms with E-state index in [2.05, 4.69) is 15.2 Å². The van der Waals surface area contributed by atoms with Gasteiger partial charge in [0.25, 0.3) is 11.8 Å². The Balaban J connectivity index is 1.54. The second kappa shape index (κ2) is 10.2. The summed E-state index contributed by atoms with van der Waals surface area (Å²) in [5.74, 6) is 0.610. The van der Waals surface area contributed by atoms with Crippen LogP contribution in [0.15, 0.2) is 22.8 Å². The molecule has 0 radical (unpaired) electrons. The molecule has 0 saturated carbocycles. The highest BCUT2D eigenvalue weighted by molar-refractivity contribution is 6.13. The van der Waals surface area contributed by atoms with Crippen LogP contribution in [0.4, 0.5) is 11.5 Å². The van der Waals surface area contributed by atoms with Crippen LogP contribution in [0.1, 0.15) is 54.2 Å². The Kier molecular flexibility index (Phi) is 7.21. The van der Waals surface area contributed by atoms with E-state index in [1.807, 2.05) is 6.92 Å². The average molecular weight is 500 g/mol. The lowest BCUT2D eigenvalue weighted by molar-refractivity contribution is -0.129. The number of furan rings is 1. The third-order valence-corrected chi connectivity index (χ3v) is 6.67. The largest absolute Gasteiger partial charge is 0.476 e. The van der Waals surface area contributed by atoms with E-state index < -0.39 is 11.4 Å². The van der Waals surface area contributed by atoms with Gasteiger partial charge in [-0.1, -0.05) is 0 Å². The summed E-state index contributed by atoms with van der Waals surface area (Å²) in [7, 11) is 0. The molecule has 194 valence electrons. The number of hydrogen-bond acceptors (Lipinski definition) is 8. The smallest absolute Gasteiger partial charge is 0.259 e. The van der Waals surface area contributed by atoms with Crippen molar-refractivity contribution in [2.75, 3.05) is 56.2 Å². The molecule has 0 spiro atoms. The van der Waals surface area contributed by atoms with E-state index in [9.17, 15) is 19.5 Å². The molecule has 0 atom stereocenters. The van der Waals surface area contributed by atoms with Gasteiger partial charge in [-0.15, -0.1) is 0 Å². The van der Waals surface area contributed by atoms with Crippen LogP contribution >= 0.6 is 0 Å². The summed E-state index contributed by atoms with van der Waals surface area (Å²) in [6.07, 6.45) is 1.75. The molecule has 2 aromatic heterocycles. The first-order valence-electron chi connectivity index (χ1n) is 12.1. The van der Waals surface area contributed by atoms with Crippen molar-refractivity contribution >= 4 is 29.2 Å². The molecule has 0 aliphatic carbocycles. The van der Waals surface area contributed by atoms with Crippen molar-refractivity contribution < 1.29 is 28.6 Å². The highest BCUT2D eigenvalue weighted by atomic mass is 16.5. The molecule has 36 heavy (non-hydrogen) atoms. The zero-order valence-electron chi connectivity index (χ0n) is 21.2. The van der Waals surface area contributed by atoms with E-state index in [4.69, 9.17) is 9.15 Å². The number of nitrogens with zero attached hydrogens (tertiary/aromatic N) is 4. The number of fused-ring (bicyclic) bond motifs is 1. The minimum Gasteiger partial charge on any atom is -0.476 e. The van der Waals surface area contributed by atoms with Gasteiger partial charge in [0.2, 0.25) is 11.8 Å². The third kappa shape index (κ3) is 4.88. The van der Waals surface area contributed by atoms with E-state index in [1.54, 1.807) is 42.7 Å². The third-order valence-electron chi connectivity index (χ3n) is 6.67. The molecule has 3 amide bonds. The fraction of sp³-hybridized carbons (Fsp3) is 0.520. The number of aliphatic hydroxyl groups excluding tert-OH is 1. The molecule has 2 aliphatic rings. The Morgan fingerprint density at radius 3 is 2.56 bits per heavy atom. The fourth-order valence-corrected chi connectivity index (χ4v) is 4.49. The van der Waals surface area contributed by atoms with Crippen molar-refractivity contribution in [1.29, 1.82) is 0 Å². The highest BCUT2D eigenvalue weighted by Crippen LogP contribution is 2.31. The highest BCUT2D eigenvalue weighted by Gasteiger charge is 2.39. The Morgan fingerprint density at radius 2 is 1.92 bits per heavy atom. The number of rotatable bonds is 7. The predicted octanol–water partition coefficient (Wildman–Crippen LogP) is 1.76. The van der Waals surface area contributed by atoms with E-state index in [1.165, 1.54) is 6.26 Å². The van der Waals surface area contributed by atoms with Crippen molar-refractivity contribution in [1.82, 2.24) is 14.8 Å². The summed E-state index contributed by atoms with van der Waals surface area (Å²) < 4.78 is 11.3. The van der Waals surface area contributed by atoms with Crippen LogP contribution < -0.4 is 15.0 Å². The summed E-state index contributed by atoms with van der Waals surface area (Å²) in [5.41, 5.74) is -0.0531. The van der Waals surface area contributed by atoms with Crippen LogP contribution in [-0.2, 0) is 11.2 Å². The Labute approximate surface area is 210 Å². The summed E-state index contributed by atoms with van der Waals surface area (Å²) in [5, 5.41) is 12.5. The number of piperazine rings is 1. The molecule has 11 nitrogen and oxygen atoms in total. The van der Waals surface area contributed by atoms with Gasteiger partial charge in [-0.2, -0.15) is 4.98 Å². The molecule has 1 saturated heterocycles. The molecule has 0 aromatic carbocycles. The maximum Gasteiger partial charge on any atom is 0.259 e. The number of amides is 3. The van der Waals surface area contributed by atoms with Gasteiger partial charge in [0, 0.05) is 46.1 Å². The average Bonchev–Trinajstić information content (AvgIpc) is 3.31. The lowest BCUT2D eigenvalue weighted by Crippen LogP contribution is -2.53. The van der Waals surface area contributed by atoms with Crippen LogP contribution in [0.3, 0.4) is 0 Å². The molecule has 0 unspecified atom stereocenters. The number of ether oxygens (including phenoxy) is 1. The maximum absolute atomic E-state index is 13.2. The van der Waals surface area contributed by atoms with Gasteiger partial charge >= 0.3 is 0 Å². The van der Waals surface area contributed by atoms with Crippen LogP contribution in [0, 0.1) is 0 Å². The number of nitrogens with one attached hydrogen (secondary N) is 1. The molecule has 1 fully saturated rings. The number of pyridine rings is 1. The maximum atomic E-state index is 13.2. The van der Waals surface area contributed by atoms with E-state index in [0.717, 1.165) is 0 Å². The number of carbonyl (C=O) groups is 3. The van der Waals surface area contributed by atoms with Gasteiger partial charge in [0.15, 0.2) is 0 Å². The Morgan fingerprint density at radius 1 is 1.19 bits per heavy atom. The molecule has 2 aromatic rings. The molecule has 4 heterocycles. The molecule has 11 heteroatoms. The SMILES string of the molecule is CCOc1nc(N2CCN(C(C)=O)CC2)ccc1NC(=O)c1coc2c1C(=O)N(C(C)(C)CO)CC2. The van der Waals surface area contributed by atoms with Gasteiger partial charge in [-0.3, -0.25) is 14.4 Å². The van der Waals surface area contributed by atoms with Gasteiger partial charge in [-0.05, 0) is 32.9 Å². The van der Waals surface area contributed by atoms with Crippen molar-refractivity contribution in [3.63, 3.8) is 0 Å². The number of anilines is 2. The van der Waals surface area contributed by atoms with E-state index >= 15 is 0 Å². The molecular weight excluding hydrogens is 466 g/mol. The predicted molar refractivity (Wildman–Crippen MR) is 132 cm³/mol. The Hall–Kier alpha value is -3.60. The van der Waals surface area contributed by atoms with E-state index in [-0.39, 0.29) is 35.4 Å². The van der Waals surface area contributed by atoms with Gasteiger partial charge < -0.3 is 34.3 Å². The van der Waals surface area contributed by atoms with Crippen LogP contribution in [0.2, 0.25) is 0 Å².